The molecule has 1 aromatic carbocycles. The molecule has 0 atom stereocenters. The Hall–Kier alpha value is -2.15. The largest absolute Gasteiger partial charge is 0.381 e. The summed E-state index contributed by atoms with van der Waals surface area (Å²) in [7, 11) is 0. The number of rotatable bonds is 10. The minimum Gasteiger partial charge on any atom is -0.381 e. The number of nitrogens with zero attached hydrogens (tertiary/aromatic N) is 1. The Balaban J connectivity index is 1.47. The van der Waals surface area contributed by atoms with E-state index in [0.29, 0.717) is 30.4 Å². The molecule has 0 heterocycles. The highest BCUT2D eigenvalue weighted by Crippen LogP contribution is 2.31. The summed E-state index contributed by atoms with van der Waals surface area (Å²) in [5.74, 6) is 0.446. The molecule has 0 radical (unpaired) electrons. The highest BCUT2D eigenvalue weighted by atomic mass is 16.6. The first-order valence-electron chi connectivity index (χ1n) is 8.54. The lowest BCUT2D eigenvalue weighted by atomic mass is 10.1. The van der Waals surface area contributed by atoms with Crippen LogP contribution in [0.3, 0.4) is 0 Å². The van der Waals surface area contributed by atoms with Crippen LogP contribution < -0.4 is 10.6 Å². The first-order chi connectivity index (χ1) is 11.6. The van der Waals surface area contributed by atoms with Gasteiger partial charge in [0, 0.05) is 37.4 Å². The van der Waals surface area contributed by atoms with Gasteiger partial charge in [-0.1, -0.05) is 0 Å². The van der Waals surface area contributed by atoms with Crippen LogP contribution in [0, 0.1) is 16.0 Å². The maximum atomic E-state index is 12.1. The maximum Gasteiger partial charge on any atom is 0.293 e. The molecule has 2 saturated carbocycles. The molecule has 24 heavy (non-hydrogen) atoms. The van der Waals surface area contributed by atoms with Crippen molar-refractivity contribution < 1.29 is 14.5 Å². The molecule has 0 spiro atoms. The third kappa shape index (κ3) is 4.92. The lowest BCUT2D eigenvalue weighted by molar-refractivity contribution is -0.384. The normalized spacial score (nSPS) is 16.7. The van der Waals surface area contributed by atoms with Gasteiger partial charge in [0.1, 0.15) is 5.69 Å². The van der Waals surface area contributed by atoms with Crippen LogP contribution >= 0.6 is 0 Å². The zero-order valence-electron chi connectivity index (χ0n) is 13.6. The minimum atomic E-state index is -0.451. The number of nitro benzene ring substituents is 1. The zero-order chi connectivity index (χ0) is 16.9. The molecule has 0 aromatic heterocycles. The van der Waals surface area contributed by atoms with Gasteiger partial charge in [-0.05, 0) is 50.2 Å². The molecular weight excluding hydrogens is 310 g/mol. The average Bonchev–Trinajstić information content (AvgIpc) is 3.45. The first-order valence-corrected chi connectivity index (χ1v) is 8.54. The third-order valence-electron chi connectivity index (χ3n) is 4.20. The van der Waals surface area contributed by atoms with Crippen molar-refractivity contribution >= 4 is 17.3 Å². The van der Waals surface area contributed by atoms with Crippen LogP contribution in [-0.2, 0) is 4.74 Å². The van der Waals surface area contributed by atoms with Crippen LogP contribution in [0.1, 0.15) is 42.5 Å². The second kappa shape index (κ2) is 7.61. The maximum absolute atomic E-state index is 12.1. The van der Waals surface area contributed by atoms with E-state index in [2.05, 4.69) is 10.6 Å². The van der Waals surface area contributed by atoms with Gasteiger partial charge in [0.2, 0.25) is 0 Å². The minimum absolute atomic E-state index is 0.0534. The second-order valence-corrected chi connectivity index (χ2v) is 6.54. The topological polar surface area (TPSA) is 93.5 Å². The molecule has 2 fully saturated rings. The number of amides is 1. The van der Waals surface area contributed by atoms with Gasteiger partial charge in [0.25, 0.3) is 11.6 Å². The lowest BCUT2D eigenvalue weighted by Crippen LogP contribution is -2.25. The smallest absolute Gasteiger partial charge is 0.293 e. The molecular formula is C17H23N3O4. The number of hydrogen-bond donors (Lipinski definition) is 2. The molecule has 7 nitrogen and oxygen atoms in total. The molecule has 2 aliphatic rings. The van der Waals surface area contributed by atoms with Crippen LogP contribution in [0.4, 0.5) is 11.4 Å². The van der Waals surface area contributed by atoms with Crippen molar-refractivity contribution in [1.82, 2.24) is 5.32 Å². The molecule has 0 bridgehead atoms. The number of carbonyl (C=O) groups excluding carboxylic acids is 1. The van der Waals surface area contributed by atoms with E-state index in [9.17, 15) is 14.9 Å². The van der Waals surface area contributed by atoms with E-state index < -0.39 is 4.92 Å². The van der Waals surface area contributed by atoms with Crippen molar-refractivity contribution in [2.75, 3.05) is 25.1 Å². The summed E-state index contributed by atoms with van der Waals surface area (Å²) in [5.41, 5.74) is 0.733. The Morgan fingerprint density at radius 1 is 1.29 bits per heavy atom. The predicted octanol–water partition coefficient (Wildman–Crippen LogP) is 2.72. The van der Waals surface area contributed by atoms with Crippen LogP contribution in [0.5, 0.6) is 0 Å². The Labute approximate surface area is 140 Å². The van der Waals surface area contributed by atoms with Gasteiger partial charge in [-0.3, -0.25) is 14.9 Å². The quantitative estimate of drug-likeness (QED) is 0.390. The van der Waals surface area contributed by atoms with Gasteiger partial charge >= 0.3 is 0 Å². The third-order valence-corrected chi connectivity index (χ3v) is 4.20. The van der Waals surface area contributed by atoms with Gasteiger partial charge in [0.15, 0.2) is 0 Å². The standard InChI is InChI=1S/C17H23N3O4/c21-17(18-8-1-9-24-11-12-2-3-12)13-4-7-15(19-14-5-6-14)16(10-13)20(22)23/h4,7,10,12,14,19H,1-3,5-6,8-9,11H2,(H,18,21). The lowest BCUT2D eigenvalue weighted by Gasteiger charge is -2.09. The molecule has 2 N–H and O–H groups in total. The number of nitrogens with one attached hydrogen (secondary N) is 2. The van der Waals surface area contributed by atoms with Crippen molar-refractivity contribution in [3.8, 4) is 0 Å². The second-order valence-electron chi connectivity index (χ2n) is 6.54. The van der Waals surface area contributed by atoms with Crippen molar-refractivity contribution in [3.05, 3.63) is 33.9 Å². The SMILES string of the molecule is O=C(NCCCOCC1CC1)c1ccc(NC2CC2)c([N+](=O)[O-])c1. The first kappa shape index (κ1) is 16.7. The molecule has 0 aliphatic heterocycles. The van der Waals surface area contributed by atoms with Crippen LogP contribution in [0.15, 0.2) is 18.2 Å². The molecule has 2 aliphatic carbocycles. The van der Waals surface area contributed by atoms with Gasteiger partial charge in [0.05, 0.1) is 4.92 Å². The highest BCUT2D eigenvalue weighted by Gasteiger charge is 2.25. The fourth-order valence-electron chi connectivity index (χ4n) is 2.41. The fourth-order valence-corrected chi connectivity index (χ4v) is 2.41. The van der Waals surface area contributed by atoms with Crippen molar-refractivity contribution in [1.29, 1.82) is 0 Å². The Bertz CT molecular complexity index is 612. The molecule has 1 amide bonds. The average molecular weight is 333 g/mol. The van der Waals surface area contributed by atoms with Crippen molar-refractivity contribution in [2.45, 2.75) is 38.1 Å². The van der Waals surface area contributed by atoms with Crippen LogP contribution in [0.2, 0.25) is 0 Å². The number of carbonyl (C=O) groups is 1. The van der Waals surface area contributed by atoms with Gasteiger partial charge in [-0.15, -0.1) is 0 Å². The Morgan fingerprint density at radius 2 is 2.08 bits per heavy atom. The Kier molecular flexibility index (Phi) is 5.30. The van der Waals surface area contributed by atoms with Gasteiger partial charge in [-0.2, -0.15) is 0 Å². The number of anilines is 1. The predicted molar refractivity (Wildman–Crippen MR) is 90.2 cm³/mol. The molecule has 0 saturated heterocycles. The molecule has 1 aromatic rings. The van der Waals surface area contributed by atoms with Gasteiger partial charge < -0.3 is 15.4 Å². The highest BCUT2D eigenvalue weighted by molar-refractivity contribution is 5.95. The van der Waals surface area contributed by atoms with E-state index in [1.165, 1.54) is 18.9 Å². The van der Waals surface area contributed by atoms with Crippen molar-refractivity contribution in [3.63, 3.8) is 0 Å². The van der Waals surface area contributed by atoms with E-state index in [4.69, 9.17) is 4.74 Å². The molecule has 0 unspecified atom stereocenters. The number of ether oxygens (including phenoxy) is 1. The number of nitro groups is 1. The van der Waals surface area contributed by atoms with E-state index in [0.717, 1.165) is 31.8 Å². The summed E-state index contributed by atoms with van der Waals surface area (Å²) < 4.78 is 5.51. The number of benzene rings is 1. The summed E-state index contributed by atoms with van der Waals surface area (Å²) >= 11 is 0. The Morgan fingerprint density at radius 3 is 2.75 bits per heavy atom. The monoisotopic (exact) mass is 333 g/mol. The summed E-state index contributed by atoms with van der Waals surface area (Å²) in [6.07, 6.45) is 5.33. The van der Waals surface area contributed by atoms with Crippen LogP contribution in [-0.4, -0.2) is 36.6 Å². The van der Waals surface area contributed by atoms with E-state index in [1.54, 1.807) is 12.1 Å². The number of hydrogen-bond acceptors (Lipinski definition) is 5. The van der Waals surface area contributed by atoms with E-state index in [-0.39, 0.29) is 11.6 Å². The molecule has 7 heteroatoms. The van der Waals surface area contributed by atoms with E-state index in [1.807, 2.05) is 0 Å². The molecule has 3 rings (SSSR count). The zero-order valence-corrected chi connectivity index (χ0v) is 13.6. The summed E-state index contributed by atoms with van der Waals surface area (Å²) in [6, 6.07) is 4.89. The summed E-state index contributed by atoms with van der Waals surface area (Å²) in [5, 5.41) is 17.1. The van der Waals surface area contributed by atoms with E-state index >= 15 is 0 Å². The van der Waals surface area contributed by atoms with Crippen molar-refractivity contribution in [2.24, 2.45) is 5.92 Å². The summed E-state index contributed by atoms with van der Waals surface area (Å²) in [4.78, 5) is 22.9. The summed E-state index contributed by atoms with van der Waals surface area (Å²) in [6.45, 7) is 1.94. The molecule has 130 valence electrons. The fraction of sp³-hybridized carbons (Fsp3) is 0.588. The van der Waals surface area contributed by atoms with Gasteiger partial charge in [-0.25, -0.2) is 0 Å². The van der Waals surface area contributed by atoms with Crippen LogP contribution in [0.25, 0.3) is 0 Å².